The molecule has 2 aromatic carbocycles. The number of benzene rings is 2. The minimum absolute atomic E-state index is 0.0952. The van der Waals surface area contributed by atoms with Gasteiger partial charge in [0.1, 0.15) is 23.0 Å². The molecule has 0 saturated carbocycles. The van der Waals surface area contributed by atoms with Gasteiger partial charge in [-0.15, -0.1) is 0 Å². The zero-order valence-electron chi connectivity index (χ0n) is 16.8. The van der Waals surface area contributed by atoms with Crippen LogP contribution in [0.1, 0.15) is 16.1 Å². The second-order valence-electron chi connectivity index (χ2n) is 6.65. The summed E-state index contributed by atoms with van der Waals surface area (Å²) in [5.74, 6) is 0.915. The van der Waals surface area contributed by atoms with E-state index in [0.717, 1.165) is 5.56 Å². The van der Waals surface area contributed by atoms with E-state index < -0.39 is 5.91 Å². The molecule has 1 aromatic heterocycles. The lowest BCUT2D eigenvalue weighted by molar-refractivity contribution is -0.124. The smallest absolute Gasteiger partial charge is 0.269 e. The molecule has 0 saturated heterocycles. The number of rotatable bonds is 6. The lowest BCUT2D eigenvalue weighted by atomic mass is 10.2. The maximum absolute atomic E-state index is 12.6. The predicted molar refractivity (Wildman–Crippen MR) is 116 cm³/mol. The molecule has 0 spiro atoms. The maximum Gasteiger partial charge on any atom is 0.269 e. The molecule has 3 aromatic rings. The molecule has 0 radical (unpaired) electrons. The second kappa shape index (κ2) is 9.33. The summed E-state index contributed by atoms with van der Waals surface area (Å²) in [5, 5.41) is 3.30. The fourth-order valence-electron chi connectivity index (χ4n) is 2.67. The molecule has 154 valence electrons. The first-order valence-corrected chi connectivity index (χ1v) is 9.49. The van der Waals surface area contributed by atoms with E-state index in [0.29, 0.717) is 27.9 Å². The van der Waals surface area contributed by atoms with Crippen LogP contribution in [0.5, 0.6) is 5.75 Å². The summed E-state index contributed by atoms with van der Waals surface area (Å²) in [6.07, 6.45) is 1.50. The predicted octanol–water partition coefficient (Wildman–Crippen LogP) is 4.47. The van der Waals surface area contributed by atoms with Gasteiger partial charge in [-0.05, 0) is 60.7 Å². The zero-order chi connectivity index (χ0) is 21.7. The van der Waals surface area contributed by atoms with E-state index in [9.17, 15) is 9.59 Å². The van der Waals surface area contributed by atoms with Gasteiger partial charge in [-0.25, -0.2) is 0 Å². The highest BCUT2D eigenvalue weighted by atomic mass is 35.5. The van der Waals surface area contributed by atoms with Crippen LogP contribution in [0.4, 0.5) is 0 Å². The Hall–Kier alpha value is -3.51. The Morgan fingerprint density at radius 2 is 1.67 bits per heavy atom. The molecular weight excluding hydrogens is 404 g/mol. The molecular formula is C23H21ClN2O4. The normalized spacial score (nSPS) is 11.1. The van der Waals surface area contributed by atoms with Crippen molar-refractivity contribution in [2.75, 3.05) is 21.2 Å². The lowest BCUT2D eigenvalue weighted by Gasteiger charge is -2.14. The molecule has 1 heterocycles. The third-order valence-corrected chi connectivity index (χ3v) is 4.53. The quantitative estimate of drug-likeness (QED) is 0.593. The van der Waals surface area contributed by atoms with Crippen molar-refractivity contribution in [1.29, 1.82) is 0 Å². The van der Waals surface area contributed by atoms with Gasteiger partial charge in [-0.1, -0.05) is 11.6 Å². The van der Waals surface area contributed by atoms with Crippen LogP contribution >= 0.6 is 11.6 Å². The number of carbonyl (C=O) groups excluding carboxylic acids is 2. The number of nitrogens with one attached hydrogen (secondary N) is 1. The number of hydrogen-bond donors (Lipinski definition) is 1. The van der Waals surface area contributed by atoms with E-state index >= 15 is 0 Å². The molecule has 3 rings (SSSR count). The number of nitrogens with zero attached hydrogens (tertiary/aromatic N) is 1. The van der Waals surface area contributed by atoms with Crippen molar-refractivity contribution >= 4 is 29.5 Å². The fraction of sp³-hybridized carbons (Fsp3) is 0.130. The van der Waals surface area contributed by atoms with Gasteiger partial charge in [-0.2, -0.15) is 0 Å². The highest BCUT2D eigenvalue weighted by molar-refractivity contribution is 6.30. The summed E-state index contributed by atoms with van der Waals surface area (Å²) < 4.78 is 10.9. The monoisotopic (exact) mass is 424 g/mol. The summed E-state index contributed by atoms with van der Waals surface area (Å²) in [6, 6.07) is 17.3. The Kier molecular flexibility index (Phi) is 6.59. The molecule has 0 unspecified atom stereocenters. The third kappa shape index (κ3) is 5.10. The average molecular weight is 425 g/mol. The van der Waals surface area contributed by atoms with Crippen LogP contribution in [0.25, 0.3) is 17.4 Å². The van der Waals surface area contributed by atoms with Gasteiger partial charge in [0.2, 0.25) is 0 Å². The van der Waals surface area contributed by atoms with Crippen molar-refractivity contribution in [3.8, 4) is 17.1 Å². The van der Waals surface area contributed by atoms with Crippen LogP contribution in [0.2, 0.25) is 5.02 Å². The van der Waals surface area contributed by atoms with Crippen molar-refractivity contribution in [2.24, 2.45) is 0 Å². The Balaban J connectivity index is 1.86. The minimum Gasteiger partial charge on any atom is -0.497 e. The van der Waals surface area contributed by atoms with E-state index in [1.807, 2.05) is 12.1 Å². The number of furan rings is 1. The first-order chi connectivity index (χ1) is 14.4. The molecule has 7 heteroatoms. The number of ether oxygens (including phenoxy) is 1. The number of hydrogen-bond acceptors (Lipinski definition) is 4. The molecule has 0 aliphatic carbocycles. The second-order valence-corrected chi connectivity index (χ2v) is 7.09. The molecule has 0 aliphatic rings. The number of likely N-dealkylation sites (N-methyl/N-ethyl adjacent to an activating group) is 1. The number of amides is 2. The van der Waals surface area contributed by atoms with Crippen molar-refractivity contribution in [3.63, 3.8) is 0 Å². The highest BCUT2D eigenvalue weighted by Crippen LogP contribution is 2.25. The Bertz CT molecular complexity index is 1070. The first kappa shape index (κ1) is 21.2. The standard InChI is InChI=1S/C23H21ClN2O4/c1-26(2)23(28)20(25-22(27)16-6-10-18(29-3)11-7-16)14-19-12-13-21(30-19)15-4-8-17(24)9-5-15/h4-14H,1-3H3,(H,25,27). The van der Waals surface area contributed by atoms with E-state index in [4.69, 9.17) is 20.8 Å². The van der Waals surface area contributed by atoms with Crippen LogP contribution in [0.15, 0.2) is 70.8 Å². The third-order valence-electron chi connectivity index (χ3n) is 4.28. The van der Waals surface area contributed by atoms with E-state index in [1.54, 1.807) is 69.7 Å². The van der Waals surface area contributed by atoms with Crippen molar-refractivity contribution < 1.29 is 18.7 Å². The topological polar surface area (TPSA) is 71.8 Å². The Labute approximate surface area is 179 Å². The summed E-state index contributed by atoms with van der Waals surface area (Å²) in [4.78, 5) is 26.6. The fourth-order valence-corrected chi connectivity index (χ4v) is 2.80. The molecule has 2 amide bonds. The summed E-state index contributed by atoms with van der Waals surface area (Å²) >= 11 is 5.92. The maximum atomic E-state index is 12.6. The molecule has 0 fully saturated rings. The van der Waals surface area contributed by atoms with Gasteiger partial charge < -0.3 is 19.4 Å². The van der Waals surface area contributed by atoms with E-state index in [1.165, 1.54) is 11.0 Å². The van der Waals surface area contributed by atoms with Gasteiger partial charge >= 0.3 is 0 Å². The first-order valence-electron chi connectivity index (χ1n) is 9.12. The number of carbonyl (C=O) groups is 2. The lowest BCUT2D eigenvalue weighted by Crippen LogP contribution is -2.34. The minimum atomic E-state index is -0.413. The van der Waals surface area contributed by atoms with Crippen molar-refractivity contribution in [3.05, 3.63) is 82.7 Å². The van der Waals surface area contributed by atoms with Crippen LogP contribution in [0, 0.1) is 0 Å². The number of methoxy groups -OCH3 is 1. The van der Waals surface area contributed by atoms with E-state index in [2.05, 4.69) is 5.32 Å². The summed E-state index contributed by atoms with van der Waals surface area (Å²) in [6.45, 7) is 0. The van der Waals surface area contributed by atoms with Gasteiger partial charge in [0.15, 0.2) is 0 Å². The van der Waals surface area contributed by atoms with Gasteiger partial charge in [0.25, 0.3) is 11.8 Å². The van der Waals surface area contributed by atoms with Crippen LogP contribution in [-0.4, -0.2) is 37.9 Å². The zero-order valence-corrected chi connectivity index (χ0v) is 17.6. The molecule has 1 N–H and O–H groups in total. The molecule has 0 bridgehead atoms. The Morgan fingerprint density at radius 1 is 1.00 bits per heavy atom. The molecule has 0 aliphatic heterocycles. The SMILES string of the molecule is COc1ccc(C(=O)NC(=Cc2ccc(-c3ccc(Cl)cc3)o2)C(=O)N(C)C)cc1. The van der Waals surface area contributed by atoms with Crippen LogP contribution < -0.4 is 10.1 Å². The summed E-state index contributed by atoms with van der Waals surface area (Å²) in [7, 11) is 4.77. The van der Waals surface area contributed by atoms with E-state index in [-0.39, 0.29) is 11.6 Å². The van der Waals surface area contributed by atoms with Crippen LogP contribution in [-0.2, 0) is 4.79 Å². The molecule has 6 nitrogen and oxygen atoms in total. The number of halogens is 1. The van der Waals surface area contributed by atoms with Gasteiger partial charge in [0.05, 0.1) is 7.11 Å². The van der Waals surface area contributed by atoms with Crippen molar-refractivity contribution in [2.45, 2.75) is 0 Å². The Morgan fingerprint density at radius 3 is 2.27 bits per heavy atom. The summed E-state index contributed by atoms with van der Waals surface area (Å²) in [5.41, 5.74) is 1.34. The largest absolute Gasteiger partial charge is 0.497 e. The van der Waals surface area contributed by atoms with Gasteiger partial charge in [0, 0.05) is 36.3 Å². The molecule has 0 atom stereocenters. The average Bonchev–Trinajstić information content (AvgIpc) is 3.21. The van der Waals surface area contributed by atoms with Crippen LogP contribution in [0.3, 0.4) is 0 Å². The van der Waals surface area contributed by atoms with Crippen molar-refractivity contribution in [1.82, 2.24) is 10.2 Å². The van der Waals surface area contributed by atoms with Gasteiger partial charge in [-0.3, -0.25) is 9.59 Å². The molecule has 30 heavy (non-hydrogen) atoms. The highest BCUT2D eigenvalue weighted by Gasteiger charge is 2.17.